The number of para-hydroxylation sites is 1. The van der Waals surface area contributed by atoms with E-state index in [2.05, 4.69) is 59.2 Å². The summed E-state index contributed by atoms with van der Waals surface area (Å²) in [7, 11) is 4.31. The predicted molar refractivity (Wildman–Crippen MR) is 169 cm³/mol. The van der Waals surface area contributed by atoms with Crippen molar-refractivity contribution < 1.29 is 14.3 Å². The number of phenolic OH excluding ortho intramolecular Hbond substituents is 1. The van der Waals surface area contributed by atoms with Crippen LogP contribution in [0.2, 0.25) is 0 Å². The van der Waals surface area contributed by atoms with Crippen molar-refractivity contribution in [1.29, 1.82) is 0 Å². The molecule has 43 heavy (non-hydrogen) atoms. The van der Waals surface area contributed by atoms with Crippen molar-refractivity contribution >= 4 is 22.5 Å². The molecule has 2 aliphatic heterocycles. The number of hydrogen-bond acceptors (Lipinski definition) is 4. The first-order valence-electron chi connectivity index (χ1n) is 14.9. The minimum absolute atomic E-state index is 0.0551. The summed E-state index contributed by atoms with van der Waals surface area (Å²) >= 11 is 0. The zero-order valence-corrected chi connectivity index (χ0v) is 24.4. The van der Waals surface area contributed by atoms with Gasteiger partial charge in [-0.25, -0.2) is 4.39 Å². The van der Waals surface area contributed by atoms with Gasteiger partial charge >= 0.3 is 0 Å². The number of nitrogens with one attached hydrogen (secondary N) is 1. The number of H-pyrrole nitrogens is 1. The molecule has 0 spiro atoms. The van der Waals surface area contributed by atoms with Gasteiger partial charge in [-0.05, 0) is 97.5 Å². The van der Waals surface area contributed by atoms with Crippen LogP contribution in [0.5, 0.6) is 5.75 Å². The molecule has 6 nitrogen and oxygen atoms in total. The lowest BCUT2D eigenvalue weighted by Gasteiger charge is -2.36. The van der Waals surface area contributed by atoms with Gasteiger partial charge in [0.2, 0.25) is 0 Å². The zero-order chi connectivity index (χ0) is 29.7. The van der Waals surface area contributed by atoms with E-state index in [0.717, 1.165) is 53.5 Å². The average Bonchev–Trinajstić information content (AvgIpc) is 3.60. The second kappa shape index (κ2) is 10.9. The number of anilines is 1. The molecule has 1 fully saturated rings. The Balaban J connectivity index is 1.18. The van der Waals surface area contributed by atoms with Gasteiger partial charge in [0.05, 0.1) is 0 Å². The molecule has 1 unspecified atom stereocenters. The normalized spacial score (nSPS) is 16.3. The van der Waals surface area contributed by atoms with Crippen molar-refractivity contribution in [3.8, 4) is 16.9 Å². The van der Waals surface area contributed by atoms with Crippen LogP contribution in [0.3, 0.4) is 0 Å². The number of halogens is 1. The third kappa shape index (κ3) is 5.04. The van der Waals surface area contributed by atoms with Gasteiger partial charge < -0.3 is 24.8 Å². The van der Waals surface area contributed by atoms with Crippen molar-refractivity contribution in [2.75, 3.05) is 32.1 Å². The quantitative estimate of drug-likeness (QED) is 0.230. The standard InChI is InChI=1S/C36H35FN4O2/c1-39(2)28-15-17-40(18-16-28)29-12-9-23(10-13-29)24-7-8-26-22-41(36(43)30(26)19-24)35(31-21-27(37)11-14-34(31)42)33-20-25-5-3-4-6-32(25)38-33/h3-14,19-21,28,35,38,42H,15-18,22H2,1-2H3. The number of aromatic hydroxyl groups is 1. The molecular formula is C36H35FN4O2. The van der Waals surface area contributed by atoms with Crippen LogP contribution in [0.4, 0.5) is 10.1 Å². The summed E-state index contributed by atoms with van der Waals surface area (Å²) in [5, 5.41) is 11.8. The van der Waals surface area contributed by atoms with Crippen LogP contribution < -0.4 is 4.90 Å². The fraction of sp³-hybridized carbons (Fsp3) is 0.250. The first-order chi connectivity index (χ1) is 20.9. The molecule has 0 bridgehead atoms. The average molecular weight is 575 g/mol. The highest BCUT2D eigenvalue weighted by Gasteiger charge is 2.37. The molecule has 3 heterocycles. The van der Waals surface area contributed by atoms with E-state index in [1.54, 1.807) is 4.90 Å². The molecule has 1 aromatic heterocycles. The maximum Gasteiger partial charge on any atom is 0.255 e. The molecule has 0 saturated carbocycles. The van der Waals surface area contributed by atoms with E-state index in [9.17, 15) is 14.3 Å². The van der Waals surface area contributed by atoms with Crippen molar-refractivity contribution in [2.24, 2.45) is 0 Å². The number of piperidine rings is 1. The van der Waals surface area contributed by atoms with Gasteiger partial charge in [0, 0.05) is 53.7 Å². The lowest BCUT2D eigenvalue weighted by atomic mass is 9.99. The largest absolute Gasteiger partial charge is 0.508 e. The lowest BCUT2D eigenvalue weighted by molar-refractivity contribution is 0.0726. The number of benzene rings is 4. The third-order valence-corrected chi connectivity index (χ3v) is 9.14. The number of aromatic amines is 1. The molecule has 1 saturated heterocycles. The van der Waals surface area contributed by atoms with E-state index in [4.69, 9.17) is 0 Å². The van der Waals surface area contributed by atoms with Gasteiger partial charge in [0.1, 0.15) is 17.6 Å². The number of nitrogens with zero attached hydrogens (tertiary/aromatic N) is 3. The van der Waals surface area contributed by atoms with Crippen molar-refractivity contribution in [1.82, 2.24) is 14.8 Å². The predicted octanol–water partition coefficient (Wildman–Crippen LogP) is 6.96. The van der Waals surface area contributed by atoms with E-state index in [0.29, 0.717) is 29.4 Å². The number of aromatic nitrogens is 1. The highest BCUT2D eigenvalue weighted by molar-refractivity contribution is 6.00. The molecule has 7 rings (SSSR count). The summed E-state index contributed by atoms with van der Waals surface area (Å²) in [6, 6.07) is 28.3. The van der Waals surface area contributed by atoms with Crippen LogP contribution in [0.1, 0.15) is 46.1 Å². The Morgan fingerprint density at radius 2 is 1.65 bits per heavy atom. The van der Waals surface area contributed by atoms with Crippen LogP contribution in [0.25, 0.3) is 22.0 Å². The van der Waals surface area contributed by atoms with Crippen LogP contribution in [-0.2, 0) is 6.54 Å². The maximum absolute atomic E-state index is 14.5. The van der Waals surface area contributed by atoms with E-state index >= 15 is 0 Å². The van der Waals surface area contributed by atoms with Gasteiger partial charge in [0.25, 0.3) is 5.91 Å². The summed E-state index contributed by atoms with van der Waals surface area (Å²) in [5.41, 5.74) is 6.76. The molecule has 4 aromatic carbocycles. The lowest BCUT2D eigenvalue weighted by Crippen LogP contribution is -2.41. The topological polar surface area (TPSA) is 62.8 Å². The first-order valence-corrected chi connectivity index (χ1v) is 14.9. The molecule has 5 aromatic rings. The van der Waals surface area contributed by atoms with Gasteiger partial charge in [-0.3, -0.25) is 4.79 Å². The van der Waals surface area contributed by atoms with Crippen molar-refractivity contribution in [2.45, 2.75) is 31.5 Å². The molecule has 2 N–H and O–H groups in total. The maximum atomic E-state index is 14.5. The molecule has 218 valence electrons. The molecule has 2 aliphatic rings. The minimum Gasteiger partial charge on any atom is -0.508 e. The van der Waals surface area contributed by atoms with Gasteiger partial charge in [-0.15, -0.1) is 0 Å². The Hall–Kier alpha value is -4.62. The summed E-state index contributed by atoms with van der Waals surface area (Å²) in [6.07, 6.45) is 2.32. The zero-order valence-electron chi connectivity index (χ0n) is 24.4. The highest BCUT2D eigenvalue weighted by atomic mass is 19.1. The number of carbonyl (C=O) groups is 1. The Kier molecular flexibility index (Phi) is 6.90. The van der Waals surface area contributed by atoms with Crippen molar-refractivity contribution in [3.05, 3.63) is 119 Å². The Morgan fingerprint density at radius 1 is 0.907 bits per heavy atom. The number of rotatable bonds is 6. The summed E-state index contributed by atoms with van der Waals surface area (Å²) in [5.74, 6) is -0.670. The fourth-order valence-corrected chi connectivity index (χ4v) is 6.71. The van der Waals surface area contributed by atoms with Crippen LogP contribution >= 0.6 is 0 Å². The van der Waals surface area contributed by atoms with Crippen LogP contribution in [0, 0.1) is 5.82 Å². The Labute approximate surface area is 251 Å². The van der Waals surface area contributed by atoms with Crippen molar-refractivity contribution in [3.63, 3.8) is 0 Å². The smallest absolute Gasteiger partial charge is 0.255 e. The second-order valence-electron chi connectivity index (χ2n) is 12.0. The van der Waals surface area contributed by atoms with Crippen LogP contribution in [-0.4, -0.2) is 59.0 Å². The number of fused-ring (bicyclic) bond motifs is 2. The van der Waals surface area contributed by atoms with Gasteiger partial charge in [0.15, 0.2) is 0 Å². The van der Waals surface area contributed by atoms with Crippen LogP contribution in [0.15, 0.2) is 91.0 Å². The number of phenols is 1. The molecule has 7 heteroatoms. The summed E-state index contributed by atoms with van der Waals surface area (Å²) in [4.78, 5) is 23.9. The minimum atomic E-state index is -0.692. The molecule has 1 atom stereocenters. The van der Waals surface area contributed by atoms with E-state index in [-0.39, 0.29) is 11.7 Å². The van der Waals surface area contributed by atoms with Gasteiger partial charge in [-0.2, -0.15) is 0 Å². The van der Waals surface area contributed by atoms with Gasteiger partial charge in [-0.1, -0.05) is 42.5 Å². The van der Waals surface area contributed by atoms with E-state index in [1.807, 2.05) is 42.5 Å². The third-order valence-electron chi connectivity index (χ3n) is 9.14. The number of amides is 1. The van der Waals surface area contributed by atoms with E-state index < -0.39 is 11.9 Å². The fourth-order valence-electron chi connectivity index (χ4n) is 6.71. The molecule has 1 amide bonds. The molecular weight excluding hydrogens is 539 g/mol. The highest BCUT2D eigenvalue weighted by Crippen LogP contribution is 2.41. The number of carbonyl (C=O) groups excluding carboxylic acids is 1. The SMILES string of the molecule is CN(C)C1CCN(c2ccc(-c3ccc4c(c3)C(=O)N(C(c3cc5ccccc5[nH]3)c3cc(F)ccc3O)C4)cc2)CC1. The molecule has 0 aliphatic carbocycles. The van der Waals surface area contributed by atoms with E-state index in [1.165, 1.54) is 23.9 Å². The first kappa shape index (κ1) is 27.2. The summed E-state index contributed by atoms with van der Waals surface area (Å²) < 4.78 is 14.5. The second-order valence-corrected chi connectivity index (χ2v) is 12.0. The number of hydrogen-bond donors (Lipinski definition) is 2. The summed E-state index contributed by atoms with van der Waals surface area (Å²) in [6.45, 7) is 2.44. The Bertz CT molecular complexity index is 1770. The molecule has 0 radical (unpaired) electrons. The Morgan fingerprint density at radius 3 is 2.40 bits per heavy atom. The monoisotopic (exact) mass is 574 g/mol.